The molecule has 4 heteroatoms. The fourth-order valence-corrected chi connectivity index (χ4v) is 1.43. The van der Waals surface area contributed by atoms with Crippen molar-refractivity contribution in [2.75, 3.05) is 19.7 Å². The highest BCUT2D eigenvalue weighted by molar-refractivity contribution is 5.82. The number of carbonyl (C=O) groups excluding carboxylic acids is 1. The van der Waals surface area contributed by atoms with Gasteiger partial charge < -0.3 is 10.4 Å². The monoisotopic (exact) mass is 242 g/mol. The van der Waals surface area contributed by atoms with Gasteiger partial charge in [-0.2, -0.15) is 0 Å². The first-order valence-corrected chi connectivity index (χ1v) is 6.15. The number of rotatable bonds is 8. The molecule has 0 saturated carbocycles. The Morgan fingerprint density at radius 1 is 1.59 bits per heavy atom. The van der Waals surface area contributed by atoms with Gasteiger partial charge in [0.1, 0.15) is 0 Å². The van der Waals surface area contributed by atoms with Gasteiger partial charge in [-0.25, -0.2) is 0 Å². The van der Waals surface area contributed by atoms with Crippen molar-refractivity contribution in [3.05, 3.63) is 12.7 Å². The molecule has 0 radical (unpaired) electrons. The Morgan fingerprint density at radius 3 is 2.59 bits per heavy atom. The summed E-state index contributed by atoms with van der Waals surface area (Å²) in [7, 11) is 0. The fourth-order valence-electron chi connectivity index (χ4n) is 1.43. The normalized spacial score (nSPS) is 13.5. The molecule has 0 aromatic rings. The summed E-state index contributed by atoms with van der Waals surface area (Å²) in [6.45, 7) is 12.7. The van der Waals surface area contributed by atoms with E-state index in [2.05, 4.69) is 11.9 Å². The van der Waals surface area contributed by atoms with Crippen LogP contribution in [0.25, 0.3) is 0 Å². The molecule has 4 nitrogen and oxygen atoms in total. The molecular formula is C13H26N2O2. The van der Waals surface area contributed by atoms with Crippen LogP contribution in [-0.4, -0.2) is 47.2 Å². The number of nitrogens with one attached hydrogen (secondary N) is 1. The molecule has 2 N–H and O–H groups in total. The SMILES string of the molecule is C=CCN(CCO)C(C)C(=O)NC(C)(C)CC. The van der Waals surface area contributed by atoms with Gasteiger partial charge in [0.2, 0.25) is 5.91 Å². The number of carbonyl (C=O) groups is 1. The predicted octanol–water partition coefficient (Wildman–Crippen LogP) is 1.16. The number of aliphatic hydroxyl groups excluding tert-OH is 1. The van der Waals surface area contributed by atoms with Crippen LogP contribution < -0.4 is 5.32 Å². The van der Waals surface area contributed by atoms with Crippen LogP contribution in [0.5, 0.6) is 0 Å². The van der Waals surface area contributed by atoms with E-state index in [9.17, 15) is 4.79 Å². The van der Waals surface area contributed by atoms with Crippen LogP contribution in [0.15, 0.2) is 12.7 Å². The molecule has 0 aliphatic heterocycles. The second kappa shape index (κ2) is 7.45. The van der Waals surface area contributed by atoms with Gasteiger partial charge in [0.15, 0.2) is 0 Å². The highest BCUT2D eigenvalue weighted by Gasteiger charge is 2.25. The zero-order chi connectivity index (χ0) is 13.5. The van der Waals surface area contributed by atoms with Crippen molar-refractivity contribution in [1.29, 1.82) is 0 Å². The predicted molar refractivity (Wildman–Crippen MR) is 70.8 cm³/mol. The molecule has 0 rings (SSSR count). The van der Waals surface area contributed by atoms with Crippen LogP contribution in [-0.2, 0) is 4.79 Å². The number of aliphatic hydroxyl groups is 1. The summed E-state index contributed by atoms with van der Waals surface area (Å²) < 4.78 is 0. The molecule has 0 aromatic heterocycles. The van der Waals surface area contributed by atoms with Gasteiger partial charge in [0.05, 0.1) is 12.6 Å². The first-order chi connectivity index (χ1) is 7.87. The summed E-state index contributed by atoms with van der Waals surface area (Å²) in [4.78, 5) is 13.9. The van der Waals surface area contributed by atoms with Gasteiger partial charge in [0.25, 0.3) is 0 Å². The molecule has 1 unspecified atom stereocenters. The van der Waals surface area contributed by atoms with Crippen molar-refractivity contribution in [2.24, 2.45) is 0 Å². The van der Waals surface area contributed by atoms with Gasteiger partial charge in [0, 0.05) is 18.6 Å². The van der Waals surface area contributed by atoms with Crippen LogP contribution in [0.4, 0.5) is 0 Å². The molecule has 0 fully saturated rings. The van der Waals surface area contributed by atoms with E-state index >= 15 is 0 Å². The Labute approximate surface area is 105 Å². The van der Waals surface area contributed by atoms with Gasteiger partial charge in [-0.15, -0.1) is 6.58 Å². The number of hydrogen-bond donors (Lipinski definition) is 2. The Hall–Kier alpha value is -0.870. The standard InChI is InChI=1S/C13H26N2O2/c1-6-8-15(9-10-16)11(3)12(17)14-13(4,5)7-2/h6,11,16H,1,7-10H2,2-5H3,(H,14,17). The molecule has 1 amide bonds. The lowest BCUT2D eigenvalue weighted by atomic mass is 10.0. The molecule has 0 bridgehead atoms. The quantitative estimate of drug-likeness (QED) is 0.628. The molecule has 17 heavy (non-hydrogen) atoms. The van der Waals surface area contributed by atoms with Gasteiger partial charge >= 0.3 is 0 Å². The molecule has 0 aliphatic carbocycles. The lowest BCUT2D eigenvalue weighted by Crippen LogP contribution is -2.52. The van der Waals surface area contributed by atoms with Crippen molar-refractivity contribution < 1.29 is 9.90 Å². The van der Waals surface area contributed by atoms with Crippen LogP contribution in [0.2, 0.25) is 0 Å². The van der Waals surface area contributed by atoms with Gasteiger partial charge in [-0.3, -0.25) is 9.69 Å². The highest BCUT2D eigenvalue weighted by atomic mass is 16.3. The van der Waals surface area contributed by atoms with E-state index in [1.54, 1.807) is 6.08 Å². The minimum Gasteiger partial charge on any atom is -0.395 e. The zero-order valence-corrected chi connectivity index (χ0v) is 11.5. The minimum absolute atomic E-state index is 0.00727. The third kappa shape index (κ3) is 5.84. The smallest absolute Gasteiger partial charge is 0.237 e. The van der Waals surface area contributed by atoms with Crippen LogP contribution in [0.1, 0.15) is 34.1 Å². The second-order valence-corrected chi connectivity index (χ2v) is 4.91. The van der Waals surface area contributed by atoms with Crippen molar-refractivity contribution in [3.8, 4) is 0 Å². The van der Waals surface area contributed by atoms with Crippen molar-refractivity contribution >= 4 is 5.91 Å². The van der Waals surface area contributed by atoms with Crippen LogP contribution >= 0.6 is 0 Å². The summed E-state index contributed by atoms with van der Waals surface area (Å²) in [6.07, 6.45) is 2.62. The maximum Gasteiger partial charge on any atom is 0.237 e. The molecular weight excluding hydrogens is 216 g/mol. The molecule has 0 saturated heterocycles. The van der Waals surface area contributed by atoms with E-state index in [0.717, 1.165) is 6.42 Å². The molecule has 100 valence electrons. The maximum atomic E-state index is 12.0. The summed E-state index contributed by atoms with van der Waals surface area (Å²) in [5.74, 6) is -0.00727. The molecule has 0 heterocycles. The summed E-state index contributed by atoms with van der Waals surface area (Å²) >= 11 is 0. The topological polar surface area (TPSA) is 52.6 Å². The second-order valence-electron chi connectivity index (χ2n) is 4.91. The van der Waals surface area contributed by atoms with Crippen molar-refractivity contribution in [2.45, 2.75) is 45.7 Å². The van der Waals surface area contributed by atoms with E-state index in [1.165, 1.54) is 0 Å². The van der Waals surface area contributed by atoms with Crippen molar-refractivity contribution in [1.82, 2.24) is 10.2 Å². The van der Waals surface area contributed by atoms with Crippen LogP contribution in [0, 0.1) is 0 Å². The summed E-state index contributed by atoms with van der Waals surface area (Å²) in [5.41, 5.74) is -0.190. The third-order valence-electron chi connectivity index (χ3n) is 3.02. The molecule has 0 aromatic carbocycles. The Balaban J connectivity index is 4.48. The number of nitrogens with zero attached hydrogens (tertiary/aromatic N) is 1. The largest absolute Gasteiger partial charge is 0.395 e. The fraction of sp³-hybridized carbons (Fsp3) is 0.769. The maximum absolute atomic E-state index is 12.0. The first kappa shape index (κ1) is 16.1. The molecule has 0 aliphatic rings. The van der Waals surface area contributed by atoms with Gasteiger partial charge in [-0.05, 0) is 27.2 Å². The lowest BCUT2D eigenvalue weighted by molar-refractivity contribution is -0.127. The van der Waals surface area contributed by atoms with E-state index in [-0.39, 0.29) is 24.1 Å². The molecule has 0 spiro atoms. The lowest BCUT2D eigenvalue weighted by Gasteiger charge is -2.31. The number of amides is 1. The summed E-state index contributed by atoms with van der Waals surface area (Å²) in [6, 6.07) is -0.258. The van der Waals surface area contributed by atoms with Crippen molar-refractivity contribution in [3.63, 3.8) is 0 Å². The zero-order valence-electron chi connectivity index (χ0n) is 11.5. The Morgan fingerprint density at radius 2 is 2.18 bits per heavy atom. The average Bonchev–Trinajstić information content (AvgIpc) is 2.27. The average molecular weight is 242 g/mol. The van der Waals surface area contributed by atoms with E-state index < -0.39 is 0 Å². The number of hydrogen-bond acceptors (Lipinski definition) is 3. The summed E-state index contributed by atoms with van der Waals surface area (Å²) in [5, 5.41) is 12.0. The van der Waals surface area contributed by atoms with E-state index in [0.29, 0.717) is 13.1 Å². The highest BCUT2D eigenvalue weighted by Crippen LogP contribution is 2.09. The van der Waals surface area contributed by atoms with Crippen LogP contribution in [0.3, 0.4) is 0 Å². The third-order valence-corrected chi connectivity index (χ3v) is 3.02. The van der Waals surface area contributed by atoms with Gasteiger partial charge in [-0.1, -0.05) is 13.0 Å². The van der Waals surface area contributed by atoms with E-state index in [4.69, 9.17) is 5.11 Å². The Bertz CT molecular complexity index is 252. The first-order valence-electron chi connectivity index (χ1n) is 6.15. The minimum atomic E-state index is -0.258. The van der Waals surface area contributed by atoms with E-state index in [1.807, 2.05) is 32.6 Å². The molecule has 1 atom stereocenters. The Kier molecular flexibility index (Phi) is 7.07.